The van der Waals surface area contributed by atoms with Crippen LogP contribution in [0.2, 0.25) is 5.02 Å². The largest absolute Gasteiger partial charge is 0.493 e. The lowest BCUT2D eigenvalue weighted by atomic mass is 10.2. The van der Waals surface area contributed by atoms with Crippen LogP contribution in [0, 0.1) is 6.92 Å². The Labute approximate surface area is 185 Å². The molecule has 0 saturated heterocycles. The maximum Gasteiger partial charge on any atom is 0.258 e. The van der Waals surface area contributed by atoms with Crippen molar-refractivity contribution in [1.29, 1.82) is 0 Å². The van der Waals surface area contributed by atoms with Crippen LogP contribution in [0.1, 0.15) is 18.3 Å². The van der Waals surface area contributed by atoms with E-state index < -0.39 is 0 Å². The van der Waals surface area contributed by atoms with Crippen molar-refractivity contribution < 1.29 is 14.3 Å². The zero-order valence-electron chi connectivity index (χ0n) is 17.9. The number of anilines is 1. The molecule has 2 N–H and O–H groups in total. The minimum absolute atomic E-state index is 0.135. The van der Waals surface area contributed by atoms with Gasteiger partial charge in [-0.05, 0) is 37.2 Å². The van der Waals surface area contributed by atoms with Crippen LogP contribution >= 0.6 is 11.6 Å². The van der Waals surface area contributed by atoms with Crippen LogP contribution < -0.4 is 20.3 Å². The van der Waals surface area contributed by atoms with Crippen molar-refractivity contribution in [2.24, 2.45) is 0 Å². The summed E-state index contributed by atoms with van der Waals surface area (Å²) < 4.78 is 10.6. The van der Waals surface area contributed by atoms with Crippen LogP contribution in [-0.4, -0.2) is 48.1 Å². The number of hydrogen-bond acceptors (Lipinski definition) is 6. The van der Waals surface area contributed by atoms with Gasteiger partial charge in [0.05, 0.1) is 38.2 Å². The van der Waals surface area contributed by atoms with Gasteiger partial charge in [-0.3, -0.25) is 14.5 Å². The predicted octanol–water partition coefficient (Wildman–Crippen LogP) is 3.36. The van der Waals surface area contributed by atoms with E-state index in [0.29, 0.717) is 52.0 Å². The molecule has 164 valence electrons. The number of fused-ring (bicyclic) bond motifs is 1. The lowest BCUT2D eigenvalue weighted by molar-refractivity contribution is -0.117. The summed E-state index contributed by atoms with van der Waals surface area (Å²) in [5.41, 5.74) is 1.81. The van der Waals surface area contributed by atoms with Crippen molar-refractivity contribution >= 4 is 34.1 Å². The average molecular weight is 445 g/mol. The third-order valence-corrected chi connectivity index (χ3v) is 5.16. The number of methoxy groups -OCH3 is 2. The average Bonchev–Trinajstić information content (AvgIpc) is 2.74. The van der Waals surface area contributed by atoms with Crippen molar-refractivity contribution in [2.75, 3.05) is 32.6 Å². The van der Waals surface area contributed by atoms with Gasteiger partial charge in [0.1, 0.15) is 5.82 Å². The molecule has 1 aromatic heterocycles. The Kier molecular flexibility index (Phi) is 7.14. The van der Waals surface area contributed by atoms with E-state index in [0.717, 1.165) is 5.56 Å². The van der Waals surface area contributed by atoms with Gasteiger partial charge in [0.2, 0.25) is 5.91 Å². The van der Waals surface area contributed by atoms with Crippen LogP contribution in [0.25, 0.3) is 10.9 Å². The van der Waals surface area contributed by atoms with Crippen LogP contribution in [-0.2, 0) is 11.3 Å². The van der Waals surface area contributed by atoms with Crippen LogP contribution in [0.3, 0.4) is 0 Å². The summed E-state index contributed by atoms with van der Waals surface area (Å²) in [5.74, 6) is 1.22. The van der Waals surface area contributed by atoms with Crippen LogP contribution in [0.4, 0.5) is 5.69 Å². The number of nitrogens with zero attached hydrogens (tertiary/aromatic N) is 2. The van der Waals surface area contributed by atoms with Crippen molar-refractivity contribution in [1.82, 2.24) is 14.9 Å². The zero-order valence-corrected chi connectivity index (χ0v) is 18.7. The number of amides is 1. The Morgan fingerprint density at radius 3 is 2.58 bits per heavy atom. The summed E-state index contributed by atoms with van der Waals surface area (Å²) in [6, 6.07) is 8.61. The van der Waals surface area contributed by atoms with Crippen LogP contribution in [0.5, 0.6) is 11.5 Å². The monoisotopic (exact) mass is 444 g/mol. The molecule has 9 heteroatoms. The molecule has 0 fully saturated rings. The molecule has 0 spiro atoms. The Hall–Kier alpha value is -3.10. The maximum absolute atomic E-state index is 12.6. The van der Waals surface area contributed by atoms with Gasteiger partial charge in [-0.15, -0.1) is 0 Å². The standard InChI is InChI=1S/C22H25ClN4O4/c1-5-27(12-21(28)25-16-8-14(23)7-6-13(16)2)11-20-24-17-10-19(31-4)18(30-3)9-15(17)22(29)26-20/h6-10H,5,11-12H2,1-4H3,(H,25,28)(H,24,26,29). The Morgan fingerprint density at radius 2 is 1.90 bits per heavy atom. The van der Waals surface area contributed by atoms with Crippen molar-refractivity contribution in [3.8, 4) is 11.5 Å². The second-order valence-electron chi connectivity index (χ2n) is 7.05. The second-order valence-corrected chi connectivity index (χ2v) is 7.48. The molecule has 0 aliphatic carbocycles. The van der Waals surface area contributed by atoms with Gasteiger partial charge in [-0.25, -0.2) is 4.98 Å². The number of benzene rings is 2. The molecule has 8 nitrogen and oxygen atoms in total. The minimum Gasteiger partial charge on any atom is -0.493 e. The molecule has 3 rings (SSSR count). The van der Waals surface area contributed by atoms with Gasteiger partial charge in [-0.2, -0.15) is 0 Å². The van der Waals surface area contributed by atoms with Crippen LogP contribution in [0.15, 0.2) is 35.1 Å². The molecular weight excluding hydrogens is 420 g/mol. The first-order valence-corrected chi connectivity index (χ1v) is 10.2. The first kappa shape index (κ1) is 22.6. The summed E-state index contributed by atoms with van der Waals surface area (Å²) in [4.78, 5) is 34.3. The van der Waals surface area contributed by atoms with E-state index in [9.17, 15) is 9.59 Å². The molecule has 0 aliphatic rings. The van der Waals surface area contributed by atoms with E-state index in [2.05, 4.69) is 15.3 Å². The highest BCUT2D eigenvalue weighted by molar-refractivity contribution is 6.31. The lowest BCUT2D eigenvalue weighted by Gasteiger charge is -2.20. The van der Waals surface area contributed by atoms with E-state index in [4.69, 9.17) is 21.1 Å². The Balaban J connectivity index is 1.78. The summed E-state index contributed by atoms with van der Waals surface area (Å²) in [5, 5.41) is 3.84. The molecule has 0 aliphatic heterocycles. The third kappa shape index (κ3) is 5.34. The number of carbonyl (C=O) groups is 1. The number of halogens is 1. The zero-order chi connectivity index (χ0) is 22.5. The summed E-state index contributed by atoms with van der Waals surface area (Å²) in [6.07, 6.45) is 0. The Bertz CT molecular complexity index is 1160. The molecule has 0 radical (unpaired) electrons. The number of aryl methyl sites for hydroxylation is 1. The van der Waals surface area contributed by atoms with E-state index >= 15 is 0 Å². The third-order valence-electron chi connectivity index (χ3n) is 4.92. The summed E-state index contributed by atoms with van der Waals surface area (Å²) in [7, 11) is 3.03. The Morgan fingerprint density at radius 1 is 1.19 bits per heavy atom. The molecule has 1 heterocycles. The maximum atomic E-state index is 12.6. The minimum atomic E-state index is -0.281. The molecule has 1 amide bonds. The van der Waals surface area contributed by atoms with Crippen molar-refractivity contribution in [2.45, 2.75) is 20.4 Å². The number of hydrogen-bond donors (Lipinski definition) is 2. The van der Waals surface area contributed by atoms with Crippen molar-refractivity contribution in [3.05, 3.63) is 57.1 Å². The number of ether oxygens (including phenoxy) is 2. The number of H-pyrrole nitrogens is 1. The van der Waals surface area contributed by atoms with Gasteiger partial charge in [-0.1, -0.05) is 24.6 Å². The molecule has 0 saturated carbocycles. The van der Waals surface area contributed by atoms with E-state index in [-0.39, 0.29) is 18.0 Å². The molecule has 2 aromatic carbocycles. The van der Waals surface area contributed by atoms with Gasteiger partial charge in [0.25, 0.3) is 5.56 Å². The predicted molar refractivity (Wildman–Crippen MR) is 121 cm³/mol. The van der Waals surface area contributed by atoms with Gasteiger partial charge < -0.3 is 19.8 Å². The first-order valence-electron chi connectivity index (χ1n) is 9.77. The van der Waals surface area contributed by atoms with Gasteiger partial charge in [0.15, 0.2) is 11.5 Å². The molecule has 0 unspecified atom stereocenters. The van der Waals surface area contributed by atoms with Gasteiger partial charge in [0, 0.05) is 16.8 Å². The molecule has 0 atom stereocenters. The second kappa shape index (κ2) is 9.80. The fraction of sp³-hybridized carbons (Fsp3) is 0.318. The number of rotatable bonds is 8. The fourth-order valence-electron chi connectivity index (χ4n) is 3.20. The van der Waals surface area contributed by atoms with E-state index in [1.165, 1.54) is 14.2 Å². The molecular formula is C22H25ClN4O4. The highest BCUT2D eigenvalue weighted by Gasteiger charge is 2.15. The van der Waals surface area contributed by atoms with Gasteiger partial charge >= 0.3 is 0 Å². The smallest absolute Gasteiger partial charge is 0.258 e. The number of aromatic amines is 1. The number of aromatic nitrogens is 2. The first-order chi connectivity index (χ1) is 14.8. The highest BCUT2D eigenvalue weighted by atomic mass is 35.5. The highest BCUT2D eigenvalue weighted by Crippen LogP contribution is 2.30. The number of likely N-dealkylation sites (N-methyl/N-ethyl adjacent to an activating group) is 1. The van der Waals surface area contributed by atoms with E-state index in [1.54, 1.807) is 24.3 Å². The topological polar surface area (TPSA) is 96.6 Å². The lowest BCUT2D eigenvalue weighted by Crippen LogP contribution is -2.34. The molecule has 3 aromatic rings. The normalized spacial score (nSPS) is 11.0. The SMILES string of the molecule is CCN(CC(=O)Nc1cc(Cl)ccc1C)Cc1nc2cc(OC)c(OC)cc2c(=O)[nH]1. The van der Waals surface area contributed by atoms with E-state index in [1.807, 2.05) is 24.8 Å². The number of nitrogens with one attached hydrogen (secondary N) is 2. The van der Waals surface area contributed by atoms with Crippen molar-refractivity contribution in [3.63, 3.8) is 0 Å². The summed E-state index contributed by atoms with van der Waals surface area (Å²) >= 11 is 6.02. The fourth-order valence-corrected chi connectivity index (χ4v) is 3.37. The molecule has 31 heavy (non-hydrogen) atoms. The quantitative estimate of drug-likeness (QED) is 0.553. The summed E-state index contributed by atoms with van der Waals surface area (Å²) in [6.45, 7) is 4.87. The number of carbonyl (C=O) groups excluding carboxylic acids is 1. The molecule has 0 bridgehead atoms.